The first-order valence-corrected chi connectivity index (χ1v) is 32.3. The molecule has 1 saturated heterocycles. The molecule has 0 bridgehead atoms. The number of rotatable bonds is 25. The summed E-state index contributed by atoms with van der Waals surface area (Å²) in [5.74, 6) is 1.58. The van der Waals surface area contributed by atoms with E-state index in [0.29, 0.717) is 41.3 Å². The maximum atomic E-state index is 13.0. The third-order valence-electron chi connectivity index (χ3n) is 17.9. The van der Waals surface area contributed by atoms with E-state index in [1.54, 1.807) is 0 Å². The third kappa shape index (κ3) is 14.6. The average Bonchev–Trinajstić information content (AvgIpc) is 4.18. The topological polar surface area (TPSA) is 404 Å². The van der Waals surface area contributed by atoms with Gasteiger partial charge < -0.3 is 61.1 Å². The number of fused-ring (bicyclic) bond motifs is 6. The van der Waals surface area contributed by atoms with Crippen molar-refractivity contribution in [3.8, 4) is 0 Å². The van der Waals surface area contributed by atoms with Crippen LogP contribution in [0.3, 0.4) is 0 Å². The fourth-order valence-corrected chi connectivity index (χ4v) is 17.3. The molecule has 0 radical (unpaired) electrons. The molecule has 7 rings (SSSR count). The second-order valence-electron chi connectivity index (χ2n) is 23.5. The highest BCUT2D eigenvalue weighted by atomic mass is 32.2. The van der Waals surface area contributed by atoms with E-state index in [1.807, 2.05) is 6.92 Å². The summed E-state index contributed by atoms with van der Waals surface area (Å²) >= 11 is 1.16. The summed E-state index contributed by atoms with van der Waals surface area (Å²) in [5, 5.41) is 48.9. The van der Waals surface area contributed by atoms with Crippen LogP contribution in [-0.2, 0) is 50.7 Å². The van der Waals surface area contributed by atoms with Crippen LogP contribution in [0.4, 0.5) is 5.82 Å². The van der Waals surface area contributed by atoms with Crippen LogP contribution in [0.5, 0.6) is 0 Å². The fraction of sp³-hybridized carbons (Fsp3) is 0.833. The number of carbonyl (C=O) groups is 3. The normalized spacial score (nSPS) is 33.9. The summed E-state index contributed by atoms with van der Waals surface area (Å²) in [6.45, 7) is 9.72. The third-order valence-corrected chi connectivity index (χ3v) is 22.1. The number of aliphatic hydroxyl groups excluding tert-OH is 4. The molecule has 18 atom stereocenters. The molecule has 9 unspecified atom stereocenters. The number of ether oxygens (including phenoxy) is 1. The highest BCUT2D eigenvalue weighted by Crippen LogP contribution is 2.68. The number of hydrogen-bond donors (Lipinski definition) is 11. The monoisotopic (exact) mass is 1180 g/mol. The Morgan fingerprint density at radius 2 is 1.62 bits per heavy atom. The molecule has 5 fully saturated rings. The van der Waals surface area contributed by atoms with Crippen LogP contribution in [0.25, 0.3) is 11.2 Å². The number of imidazole rings is 1. The molecule has 2 aromatic rings. The first-order chi connectivity index (χ1) is 36.4. The second-order valence-corrected chi connectivity index (χ2v) is 28.8. The van der Waals surface area contributed by atoms with Crippen LogP contribution in [-0.4, -0.2) is 145 Å². The lowest BCUT2D eigenvalue weighted by molar-refractivity contribution is -0.174. The molecule has 30 heteroatoms. The van der Waals surface area contributed by atoms with E-state index in [2.05, 4.69) is 55.2 Å². The Morgan fingerprint density at radius 1 is 0.923 bits per heavy atom. The van der Waals surface area contributed by atoms with Crippen LogP contribution in [0.15, 0.2) is 12.7 Å². The lowest BCUT2D eigenvalue weighted by atomic mass is 9.43. The lowest BCUT2D eigenvalue weighted by Gasteiger charge is -2.62. The summed E-state index contributed by atoms with van der Waals surface area (Å²) in [7, 11) is -16.5. The van der Waals surface area contributed by atoms with E-state index in [1.165, 1.54) is 26.7 Å². The summed E-state index contributed by atoms with van der Waals surface area (Å²) in [5.41, 5.74) is 4.67. The molecule has 26 nitrogen and oxygen atoms in total. The number of anilines is 1. The van der Waals surface area contributed by atoms with Gasteiger partial charge in [-0.15, -0.1) is 0 Å². The molecule has 5 aliphatic rings. The fourth-order valence-electron chi connectivity index (χ4n) is 13.7. The van der Waals surface area contributed by atoms with Gasteiger partial charge in [0.2, 0.25) is 11.8 Å². The molecule has 442 valence electrons. The van der Waals surface area contributed by atoms with Crippen molar-refractivity contribution in [1.82, 2.24) is 30.2 Å². The number of phosphoric acid groups is 3. The molecule has 78 heavy (non-hydrogen) atoms. The highest BCUT2D eigenvalue weighted by molar-refractivity contribution is 8.13. The number of aliphatic hydroxyl groups is 4. The number of amides is 2. The Balaban J connectivity index is 0.764. The van der Waals surface area contributed by atoms with Crippen LogP contribution in [0.1, 0.15) is 125 Å². The van der Waals surface area contributed by atoms with E-state index in [-0.39, 0.29) is 70.6 Å². The van der Waals surface area contributed by atoms with Gasteiger partial charge in [-0.3, -0.25) is 32.5 Å². The van der Waals surface area contributed by atoms with E-state index in [4.69, 9.17) is 19.5 Å². The van der Waals surface area contributed by atoms with Crippen molar-refractivity contribution in [1.29, 1.82) is 0 Å². The van der Waals surface area contributed by atoms with Crippen molar-refractivity contribution in [2.75, 3.05) is 37.8 Å². The molecule has 2 aromatic heterocycles. The Labute approximate surface area is 457 Å². The van der Waals surface area contributed by atoms with Gasteiger partial charge in [0.15, 0.2) is 22.8 Å². The number of hydrogen-bond acceptors (Lipinski definition) is 20. The number of carbonyl (C=O) groups excluding carboxylic acids is 3. The summed E-state index contributed by atoms with van der Waals surface area (Å²) in [6, 6.07) is 0. The molecule has 2 amide bonds. The Bertz CT molecular complexity index is 2600. The van der Waals surface area contributed by atoms with Crippen LogP contribution in [0, 0.1) is 57.7 Å². The quantitative estimate of drug-likeness (QED) is 0.0492. The zero-order valence-electron chi connectivity index (χ0n) is 44.9. The standard InChI is InChI=1S/C48H80N7O19P3S/c1-26(30-10-11-31-36-32(13-16-48(30,31)6)47(5)15-12-29(56)20-28(47)21-33(36)57)8-7-9-27(2)45(62)78-19-18-50-35(58)14-17-51-43(61)40(60)46(3,4)23-71-77(68,69)74-76(66,67)70-22-34-39(73-75(63,64)65)38(59)44(72-34)55-25-54-37-41(49)52-24-53-42(37)55/h24-34,36,38-40,44,56-57,59-60H,7-23H2,1-6H3,(H,50,58)(H,51,61)(H,66,67)(H,68,69)(H2,49,52,53)(H2,63,64,65)/t26?,27?,28-,29+,30?,31?,32?,33+,34+,36?,38+,39+,40?,44+,47-,48+/m0/s1. The van der Waals surface area contributed by atoms with Crippen molar-refractivity contribution in [2.45, 2.75) is 161 Å². The molecular formula is C48H80N7O19P3S. The van der Waals surface area contributed by atoms with Gasteiger partial charge >= 0.3 is 23.5 Å². The van der Waals surface area contributed by atoms with Gasteiger partial charge in [-0.1, -0.05) is 66.1 Å². The first-order valence-electron chi connectivity index (χ1n) is 26.8. The number of nitrogens with zero attached hydrogens (tertiary/aromatic N) is 4. The average molecular weight is 1180 g/mol. The predicted molar refractivity (Wildman–Crippen MR) is 282 cm³/mol. The lowest BCUT2D eigenvalue weighted by Crippen LogP contribution is -2.58. The van der Waals surface area contributed by atoms with Crippen LogP contribution < -0.4 is 16.4 Å². The minimum Gasteiger partial charge on any atom is -0.393 e. The zero-order valence-corrected chi connectivity index (χ0v) is 48.4. The Hall–Kier alpha value is -2.52. The van der Waals surface area contributed by atoms with E-state index in [9.17, 15) is 68.1 Å². The van der Waals surface area contributed by atoms with Gasteiger partial charge in [0.05, 0.1) is 31.7 Å². The van der Waals surface area contributed by atoms with Crippen LogP contribution >= 0.6 is 35.2 Å². The van der Waals surface area contributed by atoms with Crippen molar-refractivity contribution < 1.29 is 90.7 Å². The minimum absolute atomic E-state index is 0.0293. The Morgan fingerprint density at radius 3 is 2.33 bits per heavy atom. The zero-order chi connectivity index (χ0) is 57.3. The number of thioether (sulfide) groups is 1. The first kappa shape index (κ1) is 63.1. The molecule has 3 heterocycles. The Kier molecular flexibility index (Phi) is 20.3. The van der Waals surface area contributed by atoms with E-state index >= 15 is 0 Å². The van der Waals surface area contributed by atoms with Gasteiger partial charge in [-0.25, -0.2) is 28.6 Å². The predicted octanol–water partition coefficient (Wildman–Crippen LogP) is 4.10. The molecule has 0 aromatic carbocycles. The largest absolute Gasteiger partial charge is 0.481 e. The number of nitrogens with two attached hydrogens (primary N) is 1. The minimum atomic E-state index is -5.60. The van der Waals surface area contributed by atoms with Crippen LogP contribution in [0.2, 0.25) is 0 Å². The van der Waals surface area contributed by atoms with E-state index in [0.717, 1.165) is 86.8 Å². The maximum absolute atomic E-state index is 13.0. The van der Waals surface area contributed by atoms with Gasteiger partial charge in [0, 0.05) is 36.6 Å². The number of phosphoric ester groups is 3. The summed E-state index contributed by atoms with van der Waals surface area (Å²) < 4.78 is 62.8. The molecule has 4 saturated carbocycles. The number of nitrogen functional groups attached to an aromatic ring is 1. The molecular weight excluding hydrogens is 1100 g/mol. The van der Waals surface area contributed by atoms with Gasteiger partial charge in [0.25, 0.3) is 0 Å². The number of aromatic nitrogens is 4. The summed E-state index contributed by atoms with van der Waals surface area (Å²) in [6.07, 6.45) is 3.42. The van der Waals surface area contributed by atoms with Crippen molar-refractivity contribution in [2.24, 2.45) is 57.7 Å². The second kappa shape index (κ2) is 25.1. The summed E-state index contributed by atoms with van der Waals surface area (Å²) in [4.78, 5) is 89.9. The molecule has 4 aliphatic carbocycles. The van der Waals surface area contributed by atoms with Crippen molar-refractivity contribution in [3.05, 3.63) is 12.7 Å². The number of nitrogens with one attached hydrogen (secondary N) is 2. The van der Waals surface area contributed by atoms with Gasteiger partial charge in [0.1, 0.15) is 36.3 Å². The van der Waals surface area contributed by atoms with Gasteiger partial charge in [-0.05, 0) is 104 Å². The van der Waals surface area contributed by atoms with Crippen molar-refractivity contribution in [3.63, 3.8) is 0 Å². The highest BCUT2D eigenvalue weighted by Gasteiger charge is 2.63. The van der Waals surface area contributed by atoms with E-state index < -0.39 is 84.6 Å². The maximum Gasteiger partial charge on any atom is 0.481 e. The van der Waals surface area contributed by atoms with Gasteiger partial charge in [-0.2, -0.15) is 4.31 Å². The molecule has 1 aliphatic heterocycles. The molecule has 0 spiro atoms. The van der Waals surface area contributed by atoms with Crippen molar-refractivity contribution >= 4 is 69.1 Å². The smallest absolute Gasteiger partial charge is 0.393 e. The molecule has 12 N–H and O–H groups in total. The SMILES string of the molecule is CC(CCCC(C)C1CCC2C3C(CC[C@]12C)[C@@]1(C)CC[C@@H](O)C[C@H]1C[C@H]3O)C(=O)SCCNC(=O)CCNC(=O)C(O)C(C)(C)COP(=O)(O)OP(=O)(O)OC[C@H]1O[C@@H](n2cnc3c(N)ncnc32)[C@H](O)[C@@H]1OP(=O)(O)O.